The van der Waals surface area contributed by atoms with E-state index in [2.05, 4.69) is 4.98 Å². The van der Waals surface area contributed by atoms with Crippen LogP contribution in [0, 0.1) is 12.9 Å². The summed E-state index contributed by atoms with van der Waals surface area (Å²) in [6.45, 7) is 1.31. The zero-order valence-electron chi connectivity index (χ0n) is 10.1. The number of rotatable bonds is 4. The highest BCUT2D eigenvalue weighted by molar-refractivity contribution is 7.92. The third kappa shape index (κ3) is 2.77. The van der Waals surface area contributed by atoms with Crippen LogP contribution in [-0.2, 0) is 10.0 Å². The Labute approximate surface area is 113 Å². The Hall–Kier alpha value is -2.42. The molecule has 2 aromatic rings. The molecule has 0 saturated carbocycles. The SMILES string of the molecule is Cc1oc(C(=O)O)cc1S(=O)(=O)Nc1cccc(F)n1. The third-order valence-electron chi connectivity index (χ3n) is 2.33. The van der Waals surface area contributed by atoms with Gasteiger partial charge in [0, 0.05) is 6.07 Å². The first-order valence-corrected chi connectivity index (χ1v) is 6.77. The molecule has 20 heavy (non-hydrogen) atoms. The second-order valence-corrected chi connectivity index (χ2v) is 5.44. The number of nitrogens with zero attached hydrogens (tertiary/aromatic N) is 1. The number of carboxylic acids is 1. The number of sulfonamides is 1. The lowest BCUT2D eigenvalue weighted by molar-refractivity contribution is 0.0661. The number of carbonyl (C=O) groups is 1. The smallest absolute Gasteiger partial charge is 0.371 e. The van der Waals surface area contributed by atoms with Gasteiger partial charge in [0.05, 0.1) is 0 Å². The fourth-order valence-corrected chi connectivity index (χ4v) is 2.68. The van der Waals surface area contributed by atoms with E-state index in [0.717, 1.165) is 12.1 Å². The van der Waals surface area contributed by atoms with Crippen LogP contribution < -0.4 is 4.72 Å². The minimum absolute atomic E-state index is 0.0914. The van der Waals surface area contributed by atoms with Crippen LogP contribution in [0.5, 0.6) is 0 Å². The molecule has 2 rings (SSSR count). The number of hydrogen-bond donors (Lipinski definition) is 2. The van der Waals surface area contributed by atoms with Crippen LogP contribution in [0.3, 0.4) is 0 Å². The number of aryl methyl sites for hydroxylation is 1. The largest absolute Gasteiger partial charge is 0.475 e. The topological polar surface area (TPSA) is 109 Å². The maximum absolute atomic E-state index is 12.9. The number of hydrogen-bond acceptors (Lipinski definition) is 5. The molecular weight excluding hydrogens is 291 g/mol. The van der Waals surface area contributed by atoms with Crippen LogP contribution in [0.25, 0.3) is 0 Å². The van der Waals surface area contributed by atoms with Crippen LogP contribution in [0.15, 0.2) is 33.6 Å². The van der Waals surface area contributed by atoms with E-state index in [9.17, 15) is 17.6 Å². The van der Waals surface area contributed by atoms with E-state index < -0.39 is 27.7 Å². The Kier molecular flexibility index (Phi) is 3.45. The van der Waals surface area contributed by atoms with Crippen molar-refractivity contribution in [2.45, 2.75) is 11.8 Å². The average Bonchev–Trinajstić information content (AvgIpc) is 2.71. The van der Waals surface area contributed by atoms with Gasteiger partial charge in [-0.3, -0.25) is 4.72 Å². The minimum Gasteiger partial charge on any atom is -0.475 e. The molecule has 0 aliphatic heterocycles. The Bertz CT molecular complexity index is 769. The molecule has 0 bridgehead atoms. The maximum atomic E-state index is 12.9. The highest BCUT2D eigenvalue weighted by Crippen LogP contribution is 2.22. The third-order valence-corrected chi connectivity index (χ3v) is 3.79. The zero-order chi connectivity index (χ0) is 14.9. The van der Waals surface area contributed by atoms with Gasteiger partial charge in [-0.2, -0.15) is 4.39 Å². The van der Waals surface area contributed by atoms with Crippen molar-refractivity contribution in [2.75, 3.05) is 4.72 Å². The van der Waals surface area contributed by atoms with Gasteiger partial charge in [0.25, 0.3) is 10.0 Å². The molecule has 2 heterocycles. The molecule has 106 valence electrons. The van der Waals surface area contributed by atoms with Gasteiger partial charge in [-0.15, -0.1) is 0 Å². The van der Waals surface area contributed by atoms with Gasteiger partial charge in [-0.05, 0) is 19.1 Å². The molecule has 7 nitrogen and oxygen atoms in total. The summed E-state index contributed by atoms with van der Waals surface area (Å²) in [6, 6.07) is 4.47. The quantitative estimate of drug-likeness (QED) is 0.830. The van der Waals surface area contributed by atoms with E-state index >= 15 is 0 Å². The fourth-order valence-electron chi connectivity index (χ4n) is 1.50. The normalized spacial score (nSPS) is 11.3. The van der Waals surface area contributed by atoms with Gasteiger partial charge in [-0.25, -0.2) is 18.2 Å². The molecule has 0 unspecified atom stereocenters. The molecule has 0 aliphatic rings. The molecule has 0 spiro atoms. The molecule has 2 aromatic heterocycles. The number of nitrogens with one attached hydrogen (secondary N) is 1. The summed E-state index contributed by atoms with van der Waals surface area (Å²) in [6.07, 6.45) is 0. The van der Waals surface area contributed by atoms with E-state index in [4.69, 9.17) is 9.52 Å². The van der Waals surface area contributed by atoms with Crippen molar-refractivity contribution in [3.8, 4) is 0 Å². The Balaban J connectivity index is 2.38. The van der Waals surface area contributed by atoms with E-state index in [1.165, 1.54) is 19.1 Å². The first-order chi connectivity index (χ1) is 9.29. The summed E-state index contributed by atoms with van der Waals surface area (Å²) in [7, 11) is -4.11. The summed E-state index contributed by atoms with van der Waals surface area (Å²) in [5.41, 5.74) is 0. The number of anilines is 1. The second-order valence-electron chi connectivity index (χ2n) is 3.79. The van der Waals surface area contributed by atoms with Crippen molar-refractivity contribution >= 4 is 21.8 Å². The van der Waals surface area contributed by atoms with Gasteiger partial charge in [0.1, 0.15) is 16.5 Å². The molecular formula is C11H9FN2O5S. The summed E-state index contributed by atoms with van der Waals surface area (Å²) < 4.78 is 43.8. The Morgan fingerprint density at radius 3 is 2.70 bits per heavy atom. The van der Waals surface area contributed by atoms with Crippen LogP contribution in [0.2, 0.25) is 0 Å². The minimum atomic E-state index is -4.11. The Morgan fingerprint density at radius 1 is 1.45 bits per heavy atom. The molecule has 2 N–H and O–H groups in total. The van der Waals surface area contributed by atoms with Crippen molar-refractivity contribution in [2.24, 2.45) is 0 Å². The first kappa shape index (κ1) is 14.0. The van der Waals surface area contributed by atoms with Crippen molar-refractivity contribution in [3.05, 3.63) is 41.7 Å². The lowest BCUT2D eigenvalue weighted by Crippen LogP contribution is -2.14. The second kappa shape index (κ2) is 4.93. The van der Waals surface area contributed by atoms with E-state index in [0.29, 0.717) is 0 Å². The number of aromatic carboxylic acids is 1. The molecule has 0 aromatic carbocycles. The van der Waals surface area contributed by atoms with Crippen molar-refractivity contribution in [1.82, 2.24) is 4.98 Å². The maximum Gasteiger partial charge on any atom is 0.371 e. The van der Waals surface area contributed by atoms with Crippen LogP contribution in [-0.4, -0.2) is 24.5 Å². The predicted molar refractivity (Wildman–Crippen MR) is 65.4 cm³/mol. The first-order valence-electron chi connectivity index (χ1n) is 5.29. The monoisotopic (exact) mass is 300 g/mol. The number of carboxylic acid groups (broad SMARTS) is 1. The predicted octanol–water partition coefficient (Wildman–Crippen LogP) is 1.62. The molecule has 0 saturated heterocycles. The summed E-state index contributed by atoms with van der Waals surface area (Å²) in [5.74, 6) is -3.05. The number of halogens is 1. The van der Waals surface area contributed by atoms with Crippen molar-refractivity contribution in [3.63, 3.8) is 0 Å². The van der Waals surface area contributed by atoms with Gasteiger partial charge < -0.3 is 9.52 Å². The van der Waals surface area contributed by atoms with Crippen molar-refractivity contribution in [1.29, 1.82) is 0 Å². The summed E-state index contributed by atoms with van der Waals surface area (Å²) >= 11 is 0. The lowest BCUT2D eigenvalue weighted by atomic mass is 10.4. The lowest BCUT2D eigenvalue weighted by Gasteiger charge is -2.05. The standard InChI is InChI=1S/C11H9FN2O5S/c1-6-8(5-7(19-6)11(15)16)20(17,18)14-10-4-2-3-9(12)13-10/h2-5H,1H3,(H,13,14)(H,15,16). The molecule has 9 heteroatoms. The number of aromatic nitrogens is 1. The molecule has 0 aliphatic carbocycles. The van der Waals surface area contributed by atoms with E-state index in [1.54, 1.807) is 0 Å². The molecule has 0 radical (unpaired) electrons. The summed E-state index contributed by atoms with van der Waals surface area (Å²) in [5, 5.41) is 8.74. The number of furan rings is 1. The number of pyridine rings is 1. The van der Waals surface area contributed by atoms with Crippen LogP contribution >= 0.6 is 0 Å². The zero-order valence-corrected chi connectivity index (χ0v) is 10.9. The van der Waals surface area contributed by atoms with Gasteiger partial charge in [0.15, 0.2) is 0 Å². The van der Waals surface area contributed by atoms with Crippen LogP contribution in [0.4, 0.5) is 10.2 Å². The highest BCUT2D eigenvalue weighted by atomic mass is 32.2. The molecule has 0 atom stereocenters. The van der Waals surface area contributed by atoms with Gasteiger partial charge in [0.2, 0.25) is 11.7 Å². The molecule has 0 fully saturated rings. The summed E-state index contributed by atoms with van der Waals surface area (Å²) in [4.78, 5) is 13.7. The van der Waals surface area contributed by atoms with E-state index in [1.807, 2.05) is 4.72 Å². The Morgan fingerprint density at radius 2 is 2.15 bits per heavy atom. The van der Waals surface area contributed by atoms with Crippen LogP contribution in [0.1, 0.15) is 16.3 Å². The average molecular weight is 300 g/mol. The van der Waals surface area contributed by atoms with Gasteiger partial charge >= 0.3 is 5.97 Å². The molecule has 0 amide bonds. The highest BCUT2D eigenvalue weighted by Gasteiger charge is 2.24. The van der Waals surface area contributed by atoms with Gasteiger partial charge in [-0.1, -0.05) is 6.07 Å². The van der Waals surface area contributed by atoms with Crippen molar-refractivity contribution < 1.29 is 27.1 Å². The fraction of sp³-hybridized carbons (Fsp3) is 0.0909. The van der Waals surface area contributed by atoms with E-state index in [-0.39, 0.29) is 16.5 Å².